The molecule has 0 unspecified atom stereocenters. The van der Waals surface area contributed by atoms with Crippen molar-refractivity contribution in [2.24, 2.45) is 0 Å². The maximum Gasteiger partial charge on any atom is -0.00698 e. The third-order valence-electron chi connectivity index (χ3n) is 3.68. The van der Waals surface area contributed by atoms with E-state index in [2.05, 4.69) is 69.8 Å². The lowest BCUT2D eigenvalue weighted by Crippen LogP contribution is -1.92. The minimum Gasteiger partial charge on any atom is -0.0995 e. The Morgan fingerprint density at radius 3 is 2.26 bits per heavy atom. The number of benzene rings is 2. The Balaban J connectivity index is 2.35. The van der Waals surface area contributed by atoms with Gasteiger partial charge in [0, 0.05) is 0 Å². The molecule has 0 fully saturated rings. The van der Waals surface area contributed by atoms with Crippen LogP contribution in [-0.2, 0) is 6.42 Å². The number of aryl methyl sites for hydroxylation is 2. The molecule has 0 spiro atoms. The Morgan fingerprint density at radius 2 is 1.63 bits per heavy atom. The van der Waals surface area contributed by atoms with Crippen LogP contribution in [0.2, 0.25) is 0 Å². The summed E-state index contributed by atoms with van der Waals surface area (Å²) in [5.74, 6) is 0. The van der Waals surface area contributed by atoms with E-state index in [1.807, 2.05) is 0 Å². The molecule has 2 rings (SSSR count). The zero-order valence-electron chi connectivity index (χ0n) is 12.2. The second kappa shape index (κ2) is 5.88. The van der Waals surface area contributed by atoms with Gasteiger partial charge in [0.05, 0.1) is 0 Å². The summed E-state index contributed by atoms with van der Waals surface area (Å²) in [7, 11) is 0. The van der Waals surface area contributed by atoms with Crippen LogP contribution in [0.1, 0.15) is 30.0 Å². The molecule has 0 bridgehead atoms. The maximum absolute atomic E-state index is 4.09. The molecule has 0 aliphatic rings. The van der Waals surface area contributed by atoms with Gasteiger partial charge in [-0.15, -0.1) is 0 Å². The summed E-state index contributed by atoms with van der Waals surface area (Å²) in [4.78, 5) is 0. The fourth-order valence-corrected chi connectivity index (χ4v) is 2.43. The third kappa shape index (κ3) is 3.14. The molecule has 0 aromatic heterocycles. The topological polar surface area (TPSA) is 0 Å². The van der Waals surface area contributed by atoms with E-state index >= 15 is 0 Å². The molecule has 0 amide bonds. The lowest BCUT2D eigenvalue weighted by Gasteiger charge is -2.11. The van der Waals surface area contributed by atoms with Crippen LogP contribution >= 0.6 is 0 Å². The van der Waals surface area contributed by atoms with Gasteiger partial charge in [-0.05, 0) is 54.5 Å². The first-order chi connectivity index (χ1) is 9.11. The van der Waals surface area contributed by atoms with Crippen LogP contribution in [0, 0.1) is 13.8 Å². The highest BCUT2D eigenvalue weighted by atomic mass is 14.1. The van der Waals surface area contributed by atoms with E-state index in [9.17, 15) is 0 Å². The molecule has 0 radical (unpaired) electrons. The van der Waals surface area contributed by atoms with Crippen molar-refractivity contribution in [3.8, 4) is 11.1 Å². The van der Waals surface area contributed by atoms with Gasteiger partial charge in [-0.3, -0.25) is 0 Å². The summed E-state index contributed by atoms with van der Waals surface area (Å²) < 4.78 is 0. The van der Waals surface area contributed by atoms with E-state index in [0.29, 0.717) is 0 Å². The SMILES string of the molecule is C=C(CC)Cc1ccc(-c2ccccc2C)c(C)c1. The zero-order chi connectivity index (χ0) is 13.8. The van der Waals surface area contributed by atoms with Crippen molar-refractivity contribution < 1.29 is 0 Å². The molecule has 0 saturated carbocycles. The first-order valence-corrected chi connectivity index (χ1v) is 6.94. The van der Waals surface area contributed by atoms with E-state index in [1.165, 1.54) is 33.4 Å². The van der Waals surface area contributed by atoms with Crippen molar-refractivity contribution in [2.45, 2.75) is 33.6 Å². The molecule has 2 aromatic carbocycles. The highest BCUT2D eigenvalue weighted by molar-refractivity contribution is 5.70. The van der Waals surface area contributed by atoms with Crippen LogP contribution in [-0.4, -0.2) is 0 Å². The molecule has 0 aliphatic heterocycles. The normalized spacial score (nSPS) is 10.5. The number of rotatable bonds is 4. The molecule has 19 heavy (non-hydrogen) atoms. The molecule has 0 heteroatoms. The van der Waals surface area contributed by atoms with Gasteiger partial charge in [0.15, 0.2) is 0 Å². The van der Waals surface area contributed by atoms with Gasteiger partial charge in [-0.1, -0.05) is 61.5 Å². The third-order valence-corrected chi connectivity index (χ3v) is 3.68. The average Bonchev–Trinajstić information content (AvgIpc) is 2.40. The molecular formula is C19H22. The molecule has 0 saturated heterocycles. The molecule has 0 atom stereocenters. The first-order valence-electron chi connectivity index (χ1n) is 6.94. The highest BCUT2D eigenvalue weighted by Gasteiger charge is 2.05. The highest BCUT2D eigenvalue weighted by Crippen LogP contribution is 2.27. The van der Waals surface area contributed by atoms with Gasteiger partial charge in [0.25, 0.3) is 0 Å². The van der Waals surface area contributed by atoms with Crippen molar-refractivity contribution in [3.05, 3.63) is 71.3 Å². The smallest absolute Gasteiger partial charge is 0.00698 e. The largest absolute Gasteiger partial charge is 0.0995 e. The second-order valence-corrected chi connectivity index (χ2v) is 5.24. The van der Waals surface area contributed by atoms with Crippen LogP contribution < -0.4 is 0 Å². The lowest BCUT2D eigenvalue weighted by molar-refractivity contribution is 1.01. The van der Waals surface area contributed by atoms with Crippen molar-refractivity contribution in [3.63, 3.8) is 0 Å². The van der Waals surface area contributed by atoms with Gasteiger partial charge < -0.3 is 0 Å². The monoisotopic (exact) mass is 250 g/mol. The molecule has 0 aliphatic carbocycles. The Labute approximate surface area is 116 Å². The van der Waals surface area contributed by atoms with Gasteiger partial charge in [0.1, 0.15) is 0 Å². The Morgan fingerprint density at radius 1 is 0.947 bits per heavy atom. The maximum atomic E-state index is 4.09. The standard InChI is InChI=1S/C19H22/c1-5-14(2)12-17-10-11-19(16(4)13-17)18-9-7-6-8-15(18)3/h6-11,13H,2,5,12H2,1,3-4H3. The van der Waals surface area contributed by atoms with Crippen molar-refractivity contribution in [1.82, 2.24) is 0 Å². The van der Waals surface area contributed by atoms with Crippen LogP contribution in [0.15, 0.2) is 54.6 Å². The summed E-state index contributed by atoms with van der Waals surface area (Å²) in [5.41, 5.74) is 8.00. The van der Waals surface area contributed by atoms with Crippen molar-refractivity contribution in [1.29, 1.82) is 0 Å². The fourth-order valence-electron chi connectivity index (χ4n) is 2.43. The van der Waals surface area contributed by atoms with E-state index in [-0.39, 0.29) is 0 Å². The summed E-state index contributed by atoms with van der Waals surface area (Å²) in [5, 5.41) is 0. The van der Waals surface area contributed by atoms with Crippen molar-refractivity contribution in [2.75, 3.05) is 0 Å². The van der Waals surface area contributed by atoms with E-state index in [1.54, 1.807) is 0 Å². The predicted molar refractivity (Wildman–Crippen MR) is 84.5 cm³/mol. The quantitative estimate of drug-likeness (QED) is 0.630. The van der Waals surface area contributed by atoms with Crippen LogP contribution in [0.3, 0.4) is 0 Å². The zero-order valence-corrected chi connectivity index (χ0v) is 12.2. The molecule has 2 aromatic rings. The molecule has 0 heterocycles. The molecular weight excluding hydrogens is 228 g/mol. The first kappa shape index (κ1) is 13.6. The number of allylic oxidation sites excluding steroid dienone is 1. The summed E-state index contributed by atoms with van der Waals surface area (Å²) >= 11 is 0. The van der Waals surface area contributed by atoms with Crippen LogP contribution in [0.4, 0.5) is 0 Å². The van der Waals surface area contributed by atoms with Gasteiger partial charge in [0.2, 0.25) is 0 Å². The van der Waals surface area contributed by atoms with Crippen LogP contribution in [0.5, 0.6) is 0 Å². The van der Waals surface area contributed by atoms with Gasteiger partial charge in [-0.2, -0.15) is 0 Å². The molecule has 98 valence electrons. The number of hydrogen-bond acceptors (Lipinski definition) is 0. The predicted octanol–water partition coefficient (Wildman–Crippen LogP) is 5.48. The summed E-state index contributed by atoms with van der Waals surface area (Å²) in [6.07, 6.45) is 2.05. The lowest BCUT2D eigenvalue weighted by atomic mass is 9.93. The molecule has 0 nitrogen and oxygen atoms in total. The average molecular weight is 250 g/mol. The summed E-state index contributed by atoms with van der Waals surface area (Å²) in [6, 6.07) is 15.3. The van der Waals surface area contributed by atoms with Gasteiger partial charge >= 0.3 is 0 Å². The van der Waals surface area contributed by atoms with Crippen LogP contribution in [0.25, 0.3) is 11.1 Å². The minimum atomic E-state index is 0.991. The van der Waals surface area contributed by atoms with Crippen molar-refractivity contribution >= 4 is 0 Å². The van der Waals surface area contributed by atoms with E-state index in [4.69, 9.17) is 0 Å². The Kier molecular flexibility index (Phi) is 4.21. The Bertz CT molecular complexity index is 591. The Hall–Kier alpha value is -1.82. The minimum absolute atomic E-state index is 0.991. The molecule has 0 N–H and O–H groups in total. The summed E-state index contributed by atoms with van der Waals surface area (Å²) in [6.45, 7) is 10.6. The number of hydrogen-bond donors (Lipinski definition) is 0. The fraction of sp³-hybridized carbons (Fsp3) is 0.263. The van der Waals surface area contributed by atoms with E-state index in [0.717, 1.165) is 12.8 Å². The second-order valence-electron chi connectivity index (χ2n) is 5.24. The van der Waals surface area contributed by atoms with E-state index < -0.39 is 0 Å². The van der Waals surface area contributed by atoms with Gasteiger partial charge in [-0.25, -0.2) is 0 Å².